The van der Waals surface area contributed by atoms with Crippen LogP contribution in [-0.2, 0) is 0 Å². The zero-order valence-corrected chi connectivity index (χ0v) is 15.9. The molecule has 3 aromatic rings. The fraction of sp³-hybridized carbons (Fsp3) is 0.250. The van der Waals surface area contributed by atoms with E-state index in [1.54, 1.807) is 12.4 Å². The van der Waals surface area contributed by atoms with Crippen LogP contribution in [0.5, 0.6) is 0 Å². The van der Waals surface area contributed by atoms with Crippen molar-refractivity contribution in [2.24, 2.45) is 0 Å². The third-order valence-electron chi connectivity index (χ3n) is 4.08. The Balaban J connectivity index is 1.98. The molecule has 2 heterocycles. The fourth-order valence-electron chi connectivity index (χ4n) is 2.43. The minimum absolute atomic E-state index is 0.276. The molecule has 6 heteroatoms. The number of halogens is 1. The Morgan fingerprint density at radius 2 is 1.85 bits per heavy atom. The predicted molar refractivity (Wildman–Crippen MR) is 108 cm³/mol. The molecule has 1 aromatic carbocycles. The van der Waals surface area contributed by atoms with Crippen molar-refractivity contribution in [3.8, 4) is 11.3 Å². The Morgan fingerprint density at radius 1 is 1.08 bits per heavy atom. The van der Waals surface area contributed by atoms with Gasteiger partial charge in [0.05, 0.1) is 16.4 Å². The van der Waals surface area contributed by atoms with Crippen molar-refractivity contribution in [2.45, 2.75) is 33.2 Å². The zero-order chi connectivity index (χ0) is 18.5. The maximum atomic E-state index is 6.35. The van der Waals surface area contributed by atoms with E-state index in [1.165, 1.54) is 0 Å². The van der Waals surface area contributed by atoms with E-state index in [0.29, 0.717) is 16.8 Å². The van der Waals surface area contributed by atoms with Crippen molar-refractivity contribution in [1.29, 1.82) is 0 Å². The molecule has 3 rings (SSSR count). The summed E-state index contributed by atoms with van der Waals surface area (Å²) in [4.78, 5) is 13.3. The van der Waals surface area contributed by atoms with Crippen LogP contribution in [0.1, 0.15) is 25.8 Å². The highest BCUT2D eigenvalue weighted by molar-refractivity contribution is 6.33. The second-order valence-corrected chi connectivity index (χ2v) is 6.67. The molecule has 0 aliphatic carbocycles. The molecule has 1 atom stereocenters. The number of hydrogen-bond donors (Lipinski definition) is 2. The van der Waals surface area contributed by atoms with Crippen molar-refractivity contribution in [2.75, 3.05) is 10.6 Å². The number of aromatic nitrogens is 3. The van der Waals surface area contributed by atoms with Gasteiger partial charge in [-0.15, -0.1) is 0 Å². The summed E-state index contributed by atoms with van der Waals surface area (Å²) in [5.74, 6) is 1.27. The van der Waals surface area contributed by atoms with Crippen molar-refractivity contribution < 1.29 is 0 Å². The van der Waals surface area contributed by atoms with Gasteiger partial charge in [-0.2, -0.15) is 4.98 Å². The van der Waals surface area contributed by atoms with E-state index >= 15 is 0 Å². The van der Waals surface area contributed by atoms with Gasteiger partial charge >= 0.3 is 0 Å². The Kier molecular flexibility index (Phi) is 5.68. The fourth-order valence-corrected chi connectivity index (χ4v) is 2.71. The number of nitrogens with zero attached hydrogens (tertiary/aromatic N) is 3. The molecule has 0 aliphatic heterocycles. The number of rotatable bonds is 6. The van der Waals surface area contributed by atoms with Crippen LogP contribution in [0.3, 0.4) is 0 Å². The first kappa shape index (κ1) is 18.1. The van der Waals surface area contributed by atoms with Gasteiger partial charge in [0.2, 0.25) is 5.95 Å². The van der Waals surface area contributed by atoms with Crippen molar-refractivity contribution >= 4 is 29.1 Å². The van der Waals surface area contributed by atoms with Gasteiger partial charge in [-0.1, -0.05) is 24.6 Å². The molecule has 0 saturated heterocycles. The molecule has 0 aliphatic rings. The molecule has 2 aromatic heterocycles. The lowest BCUT2D eigenvalue weighted by Crippen LogP contribution is -2.16. The van der Waals surface area contributed by atoms with Crippen LogP contribution in [0.4, 0.5) is 17.5 Å². The predicted octanol–water partition coefficient (Wildman–Crippen LogP) is 5.45. The van der Waals surface area contributed by atoms with Gasteiger partial charge < -0.3 is 10.6 Å². The summed E-state index contributed by atoms with van der Waals surface area (Å²) >= 11 is 6.35. The van der Waals surface area contributed by atoms with Crippen LogP contribution in [-0.4, -0.2) is 21.0 Å². The molecule has 26 heavy (non-hydrogen) atoms. The molecular weight excluding hydrogens is 346 g/mol. The van der Waals surface area contributed by atoms with Gasteiger partial charge in [0.1, 0.15) is 5.82 Å². The van der Waals surface area contributed by atoms with E-state index in [4.69, 9.17) is 11.6 Å². The lowest BCUT2D eigenvalue weighted by atomic mass is 10.2. The standard InChI is InChI=1S/C20H22ClN5/c1-4-14(3)23-20-25-18(15-7-9-22-10-8-15)12-19(26-20)24-17-6-5-13(2)11-16(17)21/h5-12,14H,4H2,1-3H3,(H2,23,24,25,26)/t14-/m1/s1. The van der Waals surface area contributed by atoms with E-state index in [-0.39, 0.29) is 6.04 Å². The summed E-state index contributed by atoms with van der Waals surface area (Å²) < 4.78 is 0. The summed E-state index contributed by atoms with van der Waals surface area (Å²) in [5.41, 5.74) is 3.72. The number of hydrogen-bond acceptors (Lipinski definition) is 5. The lowest BCUT2D eigenvalue weighted by molar-refractivity contribution is 0.753. The van der Waals surface area contributed by atoms with Crippen molar-refractivity contribution in [3.05, 3.63) is 59.4 Å². The van der Waals surface area contributed by atoms with E-state index in [9.17, 15) is 0 Å². The van der Waals surface area contributed by atoms with Gasteiger partial charge in [0.15, 0.2) is 0 Å². The molecule has 2 N–H and O–H groups in total. The first-order valence-corrected chi connectivity index (χ1v) is 9.02. The lowest BCUT2D eigenvalue weighted by Gasteiger charge is -2.15. The van der Waals surface area contributed by atoms with E-state index in [2.05, 4.69) is 39.4 Å². The summed E-state index contributed by atoms with van der Waals surface area (Å²) in [7, 11) is 0. The third kappa shape index (κ3) is 4.49. The summed E-state index contributed by atoms with van der Waals surface area (Å²) in [6.45, 7) is 6.23. The maximum Gasteiger partial charge on any atom is 0.225 e. The van der Waals surface area contributed by atoms with Crippen LogP contribution in [0.2, 0.25) is 5.02 Å². The molecular formula is C20H22ClN5. The van der Waals surface area contributed by atoms with E-state index in [0.717, 1.165) is 28.9 Å². The Morgan fingerprint density at radius 3 is 2.54 bits per heavy atom. The quantitative estimate of drug-likeness (QED) is 0.606. The highest BCUT2D eigenvalue weighted by Crippen LogP contribution is 2.28. The highest BCUT2D eigenvalue weighted by Gasteiger charge is 2.10. The molecule has 0 fully saturated rings. The molecule has 0 amide bonds. The monoisotopic (exact) mass is 367 g/mol. The minimum atomic E-state index is 0.276. The number of anilines is 3. The second kappa shape index (κ2) is 8.15. The number of aryl methyl sites for hydroxylation is 1. The molecule has 5 nitrogen and oxygen atoms in total. The number of benzene rings is 1. The zero-order valence-electron chi connectivity index (χ0n) is 15.1. The molecule has 0 saturated carbocycles. The largest absolute Gasteiger partial charge is 0.352 e. The Labute approximate surface area is 158 Å². The highest BCUT2D eigenvalue weighted by atomic mass is 35.5. The van der Waals surface area contributed by atoms with Gasteiger partial charge in [0.25, 0.3) is 0 Å². The number of pyridine rings is 1. The third-order valence-corrected chi connectivity index (χ3v) is 4.39. The van der Waals surface area contributed by atoms with Crippen molar-refractivity contribution in [3.63, 3.8) is 0 Å². The van der Waals surface area contributed by atoms with Gasteiger partial charge in [-0.25, -0.2) is 4.98 Å². The Bertz CT molecular complexity index is 883. The Hall–Kier alpha value is -2.66. The van der Waals surface area contributed by atoms with Gasteiger partial charge in [-0.3, -0.25) is 4.98 Å². The van der Waals surface area contributed by atoms with Crippen LogP contribution < -0.4 is 10.6 Å². The second-order valence-electron chi connectivity index (χ2n) is 6.26. The van der Waals surface area contributed by atoms with Gasteiger partial charge in [0, 0.05) is 30.1 Å². The van der Waals surface area contributed by atoms with Crippen LogP contribution in [0.15, 0.2) is 48.8 Å². The molecule has 0 spiro atoms. The van der Waals surface area contributed by atoms with Crippen LogP contribution in [0, 0.1) is 6.92 Å². The van der Waals surface area contributed by atoms with E-state index < -0.39 is 0 Å². The van der Waals surface area contributed by atoms with Crippen LogP contribution in [0.25, 0.3) is 11.3 Å². The first-order chi connectivity index (χ1) is 12.5. The van der Waals surface area contributed by atoms with Crippen molar-refractivity contribution in [1.82, 2.24) is 15.0 Å². The topological polar surface area (TPSA) is 62.7 Å². The minimum Gasteiger partial charge on any atom is -0.352 e. The smallest absolute Gasteiger partial charge is 0.225 e. The molecule has 0 unspecified atom stereocenters. The summed E-state index contributed by atoms with van der Waals surface area (Å²) in [6.07, 6.45) is 4.49. The van der Waals surface area contributed by atoms with Gasteiger partial charge in [-0.05, 0) is 50.1 Å². The summed E-state index contributed by atoms with van der Waals surface area (Å²) in [5, 5.41) is 7.30. The van der Waals surface area contributed by atoms with Crippen LogP contribution >= 0.6 is 11.6 Å². The molecule has 0 bridgehead atoms. The SMILES string of the molecule is CC[C@@H](C)Nc1nc(Nc2ccc(C)cc2Cl)cc(-c2ccncc2)n1. The average molecular weight is 368 g/mol. The number of nitrogens with one attached hydrogen (secondary N) is 2. The first-order valence-electron chi connectivity index (χ1n) is 8.64. The normalized spacial score (nSPS) is 11.8. The molecule has 134 valence electrons. The van der Waals surface area contributed by atoms with E-state index in [1.807, 2.05) is 43.3 Å². The average Bonchev–Trinajstić information content (AvgIpc) is 2.64. The maximum absolute atomic E-state index is 6.35. The summed E-state index contributed by atoms with van der Waals surface area (Å²) in [6, 6.07) is 11.9. The molecule has 0 radical (unpaired) electrons.